The minimum Gasteiger partial charge on any atom is -0.468 e. The van der Waals surface area contributed by atoms with E-state index < -0.39 is 0 Å². The summed E-state index contributed by atoms with van der Waals surface area (Å²) in [5.41, 5.74) is 6.14. The molecule has 0 aliphatic carbocycles. The van der Waals surface area contributed by atoms with Crippen LogP contribution in [-0.4, -0.2) is 18.8 Å². The Morgan fingerprint density at radius 2 is 2.33 bits per heavy atom. The van der Waals surface area contributed by atoms with Crippen LogP contribution < -0.4 is 5.73 Å². The molecule has 82 valence electrons. The average molecular weight is 341 g/mol. The van der Waals surface area contributed by atoms with E-state index in [1.807, 2.05) is 22.6 Å². The summed E-state index contributed by atoms with van der Waals surface area (Å²) in [7, 11) is 1.31. The second-order valence-electron chi connectivity index (χ2n) is 2.67. The molecule has 0 saturated heterocycles. The summed E-state index contributed by atoms with van der Waals surface area (Å²) in [5.74, 6) is -0.573. The van der Waals surface area contributed by atoms with Crippen molar-refractivity contribution >= 4 is 46.0 Å². The molecule has 0 atom stereocenters. The number of benzene rings is 1. The summed E-state index contributed by atoms with van der Waals surface area (Å²) in [6.07, 6.45) is 0. The smallest absolute Gasteiger partial charge is 0.315 e. The molecule has 0 saturated carbocycles. The Labute approximate surface area is 105 Å². The molecule has 0 aliphatic heterocycles. The molecule has 0 amide bonds. The van der Waals surface area contributed by atoms with Crippen LogP contribution in [0.3, 0.4) is 0 Å². The third kappa shape index (κ3) is 3.53. The van der Waals surface area contributed by atoms with Crippen LogP contribution in [0.4, 0.5) is 10.1 Å². The van der Waals surface area contributed by atoms with Crippen LogP contribution in [0.2, 0.25) is 0 Å². The summed E-state index contributed by atoms with van der Waals surface area (Å²) in [6, 6.07) is 2.86. The first-order chi connectivity index (χ1) is 7.04. The predicted octanol–water partition coefficient (Wildman–Crippen LogP) is 2.28. The lowest BCUT2D eigenvalue weighted by atomic mass is 10.3. The molecule has 15 heavy (non-hydrogen) atoms. The van der Waals surface area contributed by atoms with Crippen molar-refractivity contribution in [3.05, 3.63) is 21.5 Å². The molecule has 3 nitrogen and oxygen atoms in total. The average Bonchev–Trinajstić information content (AvgIpc) is 2.21. The van der Waals surface area contributed by atoms with Gasteiger partial charge in [-0.2, -0.15) is 0 Å². The van der Waals surface area contributed by atoms with Crippen molar-refractivity contribution in [2.24, 2.45) is 0 Å². The fraction of sp³-hybridized carbons (Fsp3) is 0.222. The second-order valence-corrected chi connectivity index (χ2v) is 4.85. The number of thioether (sulfide) groups is 1. The minimum absolute atomic E-state index is 0.126. The molecule has 1 aromatic carbocycles. The molecule has 0 heterocycles. The number of ether oxygens (including phenoxy) is 1. The fourth-order valence-electron chi connectivity index (χ4n) is 0.865. The van der Waals surface area contributed by atoms with Crippen LogP contribution in [0, 0.1) is 9.39 Å². The van der Waals surface area contributed by atoms with Gasteiger partial charge in [-0.1, -0.05) is 0 Å². The van der Waals surface area contributed by atoms with E-state index in [0.717, 1.165) is 11.8 Å². The number of anilines is 1. The SMILES string of the molecule is COC(=O)CSc1cc(F)c(I)cc1N. The standard InChI is InChI=1S/C9H9FINO2S/c1-14-9(13)4-15-8-2-5(10)6(11)3-7(8)12/h2-3H,4,12H2,1H3. The van der Waals surface area contributed by atoms with Gasteiger partial charge in [0.1, 0.15) is 5.82 Å². The number of halogens is 2. The lowest BCUT2D eigenvalue weighted by Gasteiger charge is -2.05. The van der Waals surface area contributed by atoms with E-state index in [1.165, 1.54) is 19.2 Å². The van der Waals surface area contributed by atoms with Crippen molar-refractivity contribution < 1.29 is 13.9 Å². The van der Waals surface area contributed by atoms with Gasteiger partial charge in [0, 0.05) is 10.6 Å². The molecule has 0 radical (unpaired) electrons. The first-order valence-electron chi connectivity index (χ1n) is 3.98. The number of hydrogen-bond donors (Lipinski definition) is 1. The number of nitrogen functional groups attached to an aromatic ring is 1. The summed E-state index contributed by atoms with van der Waals surface area (Å²) in [5, 5.41) is 0. The van der Waals surface area contributed by atoms with Gasteiger partial charge in [-0.25, -0.2) is 4.39 Å². The summed E-state index contributed by atoms with van der Waals surface area (Å²) >= 11 is 3.02. The predicted molar refractivity (Wildman–Crippen MR) is 66.3 cm³/mol. The van der Waals surface area contributed by atoms with E-state index in [-0.39, 0.29) is 17.5 Å². The van der Waals surface area contributed by atoms with E-state index in [0.29, 0.717) is 14.2 Å². The Morgan fingerprint density at radius 1 is 1.67 bits per heavy atom. The molecule has 0 bridgehead atoms. The molecule has 0 spiro atoms. The lowest BCUT2D eigenvalue weighted by molar-refractivity contribution is -0.137. The normalized spacial score (nSPS) is 10.1. The van der Waals surface area contributed by atoms with Crippen LogP contribution in [0.15, 0.2) is 17.0 Å². The summed E-state index contributed by atoms with van der Waals surface area (Å²) in [4.78, 5) is 11.4. The van der Waals surface area contributed by atoms with Crippen LogP contribution in [0.5, 0.6) is 0 Å². The fourth-order valence-corrected chi connectivity index (χ4v) is 2.16. The van der Waals surface area contributed by atoms with Gasteiger partial charge in [-0.05, 0) is 34.7 Å². The van der Waals surface area contributed by atoms with Gasteiger partial charge in [-0.15, -0.1) is 11.8 Å². The molecular formula is C9H9FINO2S. The highest BCUT2D eigenvalue weighted by atomic mass is 127. The maximum absolute atomic E-state index is 13.2. The zero-order chi connectivity index (χ0) is 11.4. The first kappa shape index (κ1) is 12.6. The summed E-state index contributed by atoms with van der Waals surface area (Å²) in [6.45, 7) is 0. The van der Waals surface area contributed by atoms with Crippen LogP contribution >= 0.6 is 34.4 Å². The molecule has 1 rings (SSSR count). The molecule has 0 aliphatic rings. The van der Waals surface area contributed by atoms with E-state index in [9.17, 15) is 9.18 Å². The molecule has 0 unspecified atom stereocenters. The number of nitrogens with two attached hydrogens (primary N) is 1. The van der Waals surface area contributed by atoms with Crippen molar-refractivity contribution in [2.45, 2.75) is 4.90 Å². The molecule has 2 N–H and O–H groups in total. The number of carbonyl (C=O) groups is 1. The zero-order valence-electron chi connectivity index (χ0n) is 7.92. The molecular weight excluding hydrogens is 332 g/mol. The number of hydrogen-bond acceptors (Lipinski definition) is 4. The first-order valence-corrected chi connectivity index (χ1v) is 6.05. The minimum atomic E-state index is -0.363. The highest BCUT2D eigenvalue weighted by Gasteiger charge is 2.08. The van der Waals surface area contributed by atoms with Crippen LogP contribution in [0.1, 0.15) is 0 Å². The van der Waals surface area contributed by atoms with Crippen LogP contribution in [0.25, 0.3) is 0 Å². The molecule has 6 heteroatoms. The molecule has 0 fully saturated rings. The third-order valence-corrected chi connectivity index (χ3v) is 3.50. The molecule has 1 aromatic rings. The van der Waals surface area contributed by atoms with Gasteiger partial charge in [0.2, 0.25) is 0 Å². The number of rotatable bonds is 3. The van der Waals surface area contributed by atoms with Crippen molar-refractivity contribution in [2.75, 3.05) is 18.6 Å². The van der Waals surface area contributed by atoms with Gasteiger partial charge in [-0.3, -0.25) is 4.79 Å². The topological polar surface area (TPSA) is 52.3 Å². The Bertz CT molecular complexity index is 387. The Hall–Kier alpha value is -0.500. The third-order valence-electron chi connectivity index (χ3n) is 1.63. The lowest BCUT2D eigenvalue weighted by Crippen LogP contribution is -2.03. The summed E-state index contributed by atoms with van der Waals surface area (Å²) < 4.78 is 18.1. The Morgan fingerprint density at radius 3 is 2.93 bits per heavy atom. The van der Waals surface area contributed by atoms with Gasteiger partial charge in [0.25, 0.3) is 0 Å². The number of methoxy groups -OCH3 is 1. The van der Waals surface area contributed by atoms with E-state index in [2.05, 4.69) is 4.74 Å². The highest BCUT2D eigenvalue weighted by Crippen LogP contribution is 2.28. The van der Waals surface area contributed by atoms with Gasteiger partial charge in [0.15, 0.2) is 0 Å². The number of esters is 1. The van der Waals surface area contributed by atoms with Crippen molar-refractivity contribution in [3.8, 4) is 0 Å². The highest BCUT2D eigenvalue weighted by molar-refractivity contribution is 14.1. The maximum atomic E-state index is 13.2. The zero-order valence-corrected chi connectivity index (χ0v) is 10.9. The van der Waals surface area contributed by atoms with Gasteiger partial charge in [0.05, 0.1) is 16.4 Å². The Balaban J connectivity index is 2.77. The van der Waals surface area contributed by atoms with Crippen LogP contribution in [-0.2, 0) is 9.53 Å². The van der Waals surface area contributed by atoms with Crippen molar-refractivity contribution in [1.82, 2.24) is 0 Å². The monoisotopic (exact) mass is 341 g/mol. The van der Waals surface area contributed by atoms with Gasteiger partial charge >= 0.3 is 5.97 Å². The largest absolute Gasteiger partial charge is 0.468 e. The van der Waals surface area contributed by atoms with Crippen molar-refractivity contribution in [3.63, 3.8) is 0 Å². The van der Waals surface area contributed by atoms with E-state index in [1.54, 1.807) is 0 Å². The quantitative estimate of drug-likeness (QED) is 0.397. The maximum Gasteiger partial charge on any atom is 0.315 e. The molecule has 0 aromatic heterocycles. The van der Waals surface area contributed by atoms with E-state index >= 15 is 0 Å². The second kappa shape index (κ2) is 5.55. The number of carbonyl (C=O) groups excluding carboxylic acids is 1. The van der Waals surface area contributed by atoms with Crippen molar-refractivity contribution in [1.29, 1.82) is 0 Å². The Kier molecular flexibility index (Phi) is 4.65. The van der Waals surface area contributed by atoms with E-state index in [4.69, 9.17) is 5.73 Å². The van der Waals surface area contributed by atoms with Gasteiger partial charge < -0.3 is 10.5 Å².